The zero-order valence-corrected chi connectivity index (χ0v) is 16.2. The Bertz CT molecular complexity index is 941. The highest BCUT2D eigenvalue weighted by atomic mass is 16.2. The SMILES string of the molecule is CC(=O)Nc1ccc(NC(=O)c2cnc(NCCCc3ccccc3)nc2)cc1. The highest BCUT2D eigenvalue weighted by Crippen LogP contribution is 2.14. The maximum absolute atomic E-state index is 12.3. The molecule has 0 aliphatic carbocycles. The molecule has 0 spiro atoms. The molecule has 3 aromatic rings. The van der Waals surface area contributed by atoms with Crippen LogP contribution in [0.3, 0.4) is 0 Å². The van der Waals surface area contributed by atoms with E-state index in [1.165, 1.54) is 24.9 Å². The van der Waals surface area contributed by atoms with Crippen LogP contribution in [0, 0.1) is 0 Å². The molecule has 3 rings (SSSR count). The van der Waals surface area contributed by atoms with E-state index in [1.54, 1.807) is 24.3 Å². The molecule has 29 heavy (non-hydrogen) atoms. The number of carbonyl (C=O) groups is 2. The molecule has 1 heterocycles. The van der Waals surface area contributed by atoms with Crippen LogP contribution < -0.4 is 16.0 Å². The molecule has 0 atom stereocenters. The third-order valence-corrected chi connectivity index (χ3v) is 4.15. The van der Waals surface area contributed by atoms with Crippen molar-refractivity contribution in [3.63, 3.8) is 0 Å². The standard InChI is InChI=1S/C22H23N5O2/c1-16(28)26-19-9-11-20(12-10-19)27-21(29)18-14-24-22(25-15-18)23-13-5-8-17-6-3-2-4-7-17/h2-4,6-7,9-12,14-15H,5,8,13H2,1H3,(H,26,28)(H,27,29)(H,23,24,25). The summed E-state index contributed by atoms with van der Waals surface area (Å²) in [6, 6.07) is 17.2. The second-order valence-electron chi connectivity index (χ2n) is 6.52. The Morgan fingerprint density at radius 3 is 2.10 bits per heavy atom. The summed E-state index contributed by atoms with van der Waals surface area (Å²) in [6.07, 6.45) is 4.93. The lowest BCUT2D eigenvalue weighted by atomic mass is 10.1. The van der Waals surface area contributed by atoms with Gasteiger partial charge < -0.3 is 16.0 Å². The lowest BCUT2D eigenvalue weighted by Crippen LogP contribution is -2.14. The van der Waals surface area contributed by atoms with Crippen LogP contribution in [-0.2, 0) is 11.2 Å². The molecule has 0 aliphatic heterocycles. The van der Waals surface area contributed by atoms with Gasteiger partial charge >= 0.3 is 0 Å². The van der Waals surface area contributed by atoms with Gasteiger partial charge in [0.2, 0.25) is 11.9 Å². The number of aromatic nitrogens is 2. The van der Waals surface area contributed by atoms with Gasteiger partial charge in [0.25, 0.3) is 5.91 Å². The van der Waals surface area contributed by atoms with Crippen molar-refractivity contribution >= 4 is 29.1 Å². The molecule has 1 aromatic heterocycles. The highest BCUT2D eigenvalue weighted by molar-refractivity contribution is 6.04. The molecule has 0 unspecified atom stereocenters. The summed E-state index contributed by atoms with van der Waals surface area (Å²) < 4.78 is 0. The third kappa shape index (κ3) is 6.42. The van der Waals surface area contributed by atoms with Gasteiger partial charge in [-0.3, -0.25) is 9.59 Å². The van der Waals surface area contributed by atoms with Crippen molar-refractivity contribution in [1.82, 2.24) is 9.97 Å². The average Bonchev–Trinajstić information content (AvgIpc) is 2.73. The van der Waals surface area contributed by atoms with Crippen molar-refractivity contribution in [2.45, 2.75) is 19.8 Å². The molecule has 0 radical (unpaired) electrons. The van der Waals surface area contributed by atoms with E-state index in [9.17, 15) is 9.59 Å². The molecule has 148 valence electrons. The van der Waals surface area contributed by atoms with Crippen LogP contribution >= 0.6 is 0 Å². The number of amides is 2. The smallest absolute Gasteiger partial charge is 0.258 e. The molecule has 0 saturated heterocycles. The molecular weight excluding hydrogens is 366 g/mol. The minimum Gasteiger partial charge on any atom is -0.354 e. The van der Waals surface area contributed by atoms with E-state index in [4.69, 9.17) is 0 Å². The van der Waals surface area contributed by atoms with Crippen molar-refractivity contribution in [2.75, 3.05) is 22.5 Å². The monoisotopic (exact) mass is 389 g/mol. The molecule has 7 nitrogen and oxygen atoms in total. The van der Waals surface area contributed by atoms with Crippen molar-refractivity contribution in [3.8, 4) is 0 Å². The van der Waals surface area contributed by atoms with E-state index in [0.717, 1.165) is 19.4 Å². The summed E-state index contributed by atoms with van der Waals surface area (Å²) in [5, 5.41) is 8.62. The van der Waals surface area contributed by atoms with Gasteiger partial charge in [0.1, 0.15) is 0 Å². The molecule has 3 N–H and O–H groups in total. The molecule has 0 bridgehead atoms. The molecule has 0 saturated carbocycles. The van der Waals surface area contributed by atoms with E-state index in [1.807, 2.05) is 18.2 Å². The van der Waals surface area contributed by atoms with Crippen LogP contribution in [0.25, 0.3) is 0 Å². The number of aryl methyl sites for hydroxylation is 1. The predicted octanol–water partition coefficient (Wildman–Crippen LogP) is 3.73. The minimum atomic E-state index is -0.298. The first-order valence-corrected chi connectivity index (χ1v) is 9.39. The van der Waals surface area contributed by atoms with E-state index in [2.05, 4.69) is 38.1 Å². The lowest BCUT2D eigenvalue weighted by Gasteiger charge is -2.08. The van der Waals surface area contributed by atoms with Gasteiger partial charge in [-0.2, -0.15) is 0 Å². The normalized spacial score (nSPS) is 10.2. The summed E-state index contributed by atoms with van der Waals surface area (Å²) in [7, 11) is 0. The van der Waals surface area contributed by atoms with E-state index < -0.39 is 0 Å². The van der Waals surface area contributed by atoms with Gasteiger partial charge in [-0.25, -0.2) is 9.97 Å². The van der Waals surface area contributed by atoms with Crippen molar-refractivity contribution in [2.24, 2.45) is 0 Å². The number of hydrogen-bond donors (Lipinski definition) is 3. The lowest BCUT2D eigenvalue weighted by molar-refractivity contribution is -0.114. The number of hydrogen-bond acceptors (Lipinski definition) is 5. The molecular formula is C22H23N5O2. The van der Waals surface area contributed by atoms with Crippen molar-refractivity contribution in [3.05, 3.63) is 78.1 Å². The Labute approximate surface area is 169 Å². The minimum absolute atomic E-state index is 0.146. The number of nitrogens with one attached hydrogen (secondary N) is 3. The summed E-state index contributed by atoms with van der Waals surface area (Å²) in [6.45, 7) is 2.19. The van der Waals surface area contributed by atoms with Crippen LogP contribution in [0.15, 0.2) is 67.0 Å². The number of benzene rings is 2. The average molecular weight is 389 g/mol. The second kappa shape index (κ2) is 9.98. The quantitative estimate of drug-likeness (QED) is 0.510. The summed E-state index contributed by atoms with van der Waals surface area (Å²) >= 11 is 0. The number of rotatable bonds is 8. The van der Waals surface area contributed by atoms with Gasteiger partial charge in [-0.1, -0.05) is 30.3 Å². The molecule has 0 aliphatic rings. The fourth-order valence-electron chi connectivity index (χ4n) is 2.72. The number of anilines is 3. The molecule has 7 heteroatoms. The Balaban J connectivity index is 1.46. The van der Waals surface area contributed by atoms with Crippen LogP contribution in [0.4, 0.5) is 17.3 Å². The zero-order chi connectivity index (χ0) is 20.5. The fourth-order valence-corrected chi connectivity index (χ4v) is 2.72. The van der Waals surface area contributed by atoms with Crippen LogP contribution in [0.1, 0.15) is 29.3 Å². The van der Waals surface area contributed by atoms with E-state index in [0.29, 0.717) is 22.9 Å². The van der Waals surface area contributed by atoms with Gasteiger partial charge in [0, 0.05) is 37.2 Å². The van der Waals surface area contributed by atoms with Crippen LogP contribution in [0.2, 0.25) is 0 Å². The maximum Gasteiger partial charge on any atom is 0.258 e. The van der Waals surface area contributed by atoms with E-state index >= 15 is 0 Å². The first-order chi connectivity index (χ1) is 14.1. The fraction of sp³-hybridized carbons (Fsp3) is 0.182. The Morgan fingerprint density at radius 1 is 0.862 bits per heavy atom. The summed E-state index contributed by atoms with van der Waals surface area (Å²) in [5.41, 5.74) is 2.95. The van der Waals surface area contributed by atoms with Crippen molar-refractivity contribution < 1.29 is 9.59 Å². The van der Waals surface area contributed by atoms with Crippen molar-refractivity contribution in [1.29, 1.82) is 0 Å². The molecule has 0 fully saturated rings. The molecule has 2 aromatic carbocycles. The topological polar surface area (TPSA) is 96.0 Å². The maximum atomic E-state index is 12.3. The predicted molar refractivity (Wildman–Crippen MR) is 114 cm³/mol. The third-order valence-electron chi connectivity index (χ3n) is 4.15. The highest BCUT2D eigenvalue weighted by Gasteiger charge is 2.08. The van der Waals surface area contributed by atoms with Gasteiger partial charge in [0.15, 0.2) is 0 Å². The molecule has 2 amide bonds. The van der Waals surface area contributed by atoms with Gasteiger partial charge in [0.05, 0.1) is 5.56 Å². The number of nitrogens with zero attached hydrogens (tertiary/aromatic N) is 2. The Morgan fingerprint density at radius 2 is 1.48 bits per heavy atom. The van der Waals surface area contributed by atoms with Crippen LogP contribution in [-0.4, -0.2) is 28.3 Å². The zero-order valence-electron chi connectivity index (χ0n) is 16.2. The largest absolute Gasteiger partial charge is 0.354 e. The summed E-state index contributed by atoms with van der Waals surface area (Å²) in [4.78, 5) is 31.8. The Hall–Kier alpha value is -3.74. The Kier molecular flexibility index (Phi) is 6.89. The van der Waals surface area contributed by atoms with E-state index in [-0.39, 0.29) is 11.8 Å². The summed E-state index contributed by atoms with van der Waals surface area (Å²) in [5.74, 6) is 0.0508. The second-order valence-corrected chi connectivity index (χ2v) is 6.52. The first-order valence-electron chi connectivity index (χ1n) is 9.39. The van der Waals surface area contributed by atoms with Crippen LogP contribution in [0.5, 0.6) is 0 Å². The number of carbonyl (C=O) groups excluding carboxylic acids is 2. The first kappa shape index (κ1) is 20.0. The van der Waals surface area contributed by atoms with Gasteiger partial charge in [-0.15, -0.1) is 0 Å². The van der Waals surface area contributed by atoms with Gasteiger partial charge in [-0.05, 0) is 42.7 Å².